The summed E-state index contributed by atoms with van der Waals surface area (Å²) in [6.45, 7) is 0. The smallest absolute Gasteiger partial charge is 0.356 e. The monoisotopic (exact) mass is 479 g/mol. The summed E-state index contributed by atoms with van der Waals surface area (Å²) in [5.41, 5.74) is 1.86. The van der Waals surface area contributed by atoms with Crippen LogP contribution in [0, 0.1) is 5.82 Å². The number of imide groups is 1. The van der Waals surface area contributed by atoms with Gasteiger partial charge in [-0.15, -0.1) is 0 Å². The van der Waals surface area contributed by atoms with Gasteiger partial charge in [0.1, 0.15) is 17.9 Å². The Balaban J connectivity index is 1.51. The maximum Gasteiger partial charge on any atom is 0.416 e. The normalized spacial score (nSPS) is 19.9. The van der Waals surface area contributed by atoms with Crippen LogP contribution in [0.25, 0.3) is 10.9 Å². The van der Waals surface area contributed by atoms with Gasteiger partial charge in [-0.3, -0.25) is 9.69 Å². The molecule has 1 fully saturated rings. The number of hydrogen-bond donors (Lipinski definition) is 1. The molecule has 0 aliphatic carbocycles. The van der Waals surface area contributed by atoms with Crippen LogP contribution in [0.3, 0.4) is 0 Å². The van der Waals surface area contributed by atoms with E-state index >= 15 is 0 Å². The SMILES string of the molecule is O=C1[C@@H]2Cc3c([nH]c4ccccc34)[C@H](c3ccc(F)cc3)N2C(=O)N1c1cccc(C(F)(F)F)c1. The van der Waals surface area contributed by atoms with Gasteiger partial charge in [-0.1, -0.05) is 36.4 Å². The van der Waals surface area contributed by atoms with E-state index in [4.69, 9.17) is 0 Å². The first kappa shape index (κ1) is 21.4. The quantitative estimate of drug-likeness (QED) is 0.292. The fourth-order valence-electron chi connectivity index (χ4n) is 5.13. The van der Waals surface area contributed by atoms with Crippen LogP contribution in [0.2, 0.25) is 0 Å². The molecule has 5 nitrogen and oxygen atoms in total. The van der Waals surface area contributed by atoms with Crippen LogP contribution >= 0.6 is 0 Å². The number of alkyl halides is 3. The number of aromatic nitrogens is 1. The summed E-state index contributed by atoms with van der Waals surface area (Å²) in [6, 6.07) is 14.9. The Labute approximate surface area is 196 Å². The first-order valence-corrected chi connectivity index (χ1v) is 10.9. The number of halogens is 4. The number of nitrogens with zero attached hydrogens (tertiary/aromatic N) is 2. The van der Waals surface area contributed by atoms with Crippen LogP contribution in [0.5, 0.6) is 0 Å². The van der Waals surface area contributed by atoms with Gasteiger partial charge in [0, 0.05) is 23.0 Å². The van der Waals surface area contributed by atoms with Gasteiger partial charge < -0.3 is 4.98 Å². The van der Waals surface area contributed by atoms with E-state index in [1.165, 1.54) is 29.2 Å². The fourth-order valence-corrected chi connectivity index (χ4v) is 5.13. The number of nitrogens with one attached hydrogen (secondary N) is 1. The average molecular weight is 479 g/mol. The number of rotatable bonds is 2. The number of anilines is 1. The minimum atomic E-state index is -4.62. The standard InChI is InChI=1S/C26H17F4N3O2/c27-16-10-8-14(9-11-16)23-22-19(18-6-1-2-7-20(18)31-22)13-21-24(34)32(25(35)33(21)23)17-5-3-4-15(12-17)26(28,29)30/h1-12,21,23,31H,13H2/t21-,23-/m0/s1. The van der Waals surface area contributed by atoms with Crippen molar-refractivity contribution in [1.29, 1.82) is 0 Å². The van der Waals surface area contributed by atoms with Crippen molar-refractivity contribution in [3.8, 4) is 0 Å². The number of aromatic amines is 1. The molecule has 0 spiro atoms. The lowest BCUT2D eigenvalue weighted by Gasteiger charge is -2.36. The highest BCUT2D eigenvalue weighted by atomic mass is 19.4. The number of hydrogen-bond acceptors (Lipinski definition) is 2. The Kier molecular flexibility index (Phi) is 4.54. The van der Waals surface area contributed by atoms with Crippen LogP contribution in [-0.2, 0) is 17.4 Å². The maximum absolute atomic E-state index is 13.7. The summed E-state index contributed by atoms with van der Waals surface area (Å²) in [5.74, 6) is -1.05. The fraction of sp³-hybridized carbons (Fsp3) is 0.154. The van der Waals surface area contributed by atoms with Gasteiger partial charge in [-0.2, -0.15) is 13.2 Å². The molecule has 2 aliphatic heterocycles. The van der Waals surface area contributed by atoms with Gasteiger partial charge in [-0.05, 0) is 47.5 Å². The van der Waals surface area contributed by atoms with Gasteiger partial charge in [0.25, 0.3) is 5.91 Å². The van der Waals surface area contributed by atoms with Crippen molar-refractivity contribution in [3.05, 3.63) is 101 Å². The molecule has 9 heteroatoms. The topological polar surface area (TPSA) is 56.4 Å². The summed E-state index contributed by atoms with van der Waals surface area (Å²) < 4.78 is 53.6. The molecular weight excluding hydrogens is 462 g/mol. The van der Waals surface area contributed by atoms with Gasteiger partial charge >= 0.3 is 12.2 Å². The van der Waals surface area contributed by atoms with Gasteiger partial charge in [-0.25, -0.2) is 14.1 Å². The number of H-pyrrole nitrogens is 1. The number of amides is 3. The molecule has 4 aromatic rings. The summed E-state index contributed by atoms with van der Waals surface area (Å²) in [7, 11) is 0. The summed E-state index contributed by atoms with van der Waals surface area (Å²) in [6.07, 6.45) is -4.42. The third kappa shape index (κ3) is 3.22. The molecule has 3 aromatic carbocycles. The largest absolute Gasteiger partial charge is 0.416 e. The summed E-state index contributed by atoms with van der Waals surface area (Å²) >= 11 is 0. The molecule has 2 aliphatic rings. The highest BCUT2D eigenvalue weighted by Gasteiger charge is 2.53. The van der Waals surface area contributed by atoms with Crippen LogP contribution in [0.1, 0.15) is 28.4 Å². The number of carbonyl (C=O) groups excluding carboxylic acids is 2. The Morgan fingerprint density at radius 3 is 2.40 bits per heavy atom. The summed E-state index contributed by atoms with van der Waals surface area (Å²) in [4.78, 5) is 32.7. The Morgan fingerprint density at radius 2 is 1.66 bits per heavy atom. The number of para-hydroxylation sites is 1. The van der Waals surface area contributed by atoms with Crippen LogP contribution in [0.15, 0.2) is 72.8 Å². The molecule has 176 valence electrons. The molecule has 1 aromatic heterocycles. The average Bonchev–Trinajstić information content (AvgIpc) is 3.33. The summed E-state index contributed by atoms with van der Waals surface area (Å²) in [5, 5.41) is 0.895. The van der Waals surface area contributed by atoms with Crippen molar-refractivity contribution in [1.82, 2.24) is 9.88 Å². The first-order valence-electron chi connectivity index (χ1n) is 10.9. The predicted molar refractivity (Wildman–Crippen MR) is 120 cm³/mol. The van der Waals surface area contributed by atoms with E-state index in [9.17, 15) is 27.2 Å². The van der Waals surface area contributed by atoms with Crippen LogP contribution in [0.4, 0.5) is 28.0 Å². The highest BCUT2D eigenvalue weighted by Crippen LogP contribution is 2.45. The predicted octanol–water partition coefficient (Wildman–Crippen LogP) is 5.81. The molecule has 0 bridgehead atoms. The molecule has 0 unspecified atom stereocenters. The second kappa shape index (κ2) is 7.43. The number of fused-ring (bicyclic) bond motifs is 4. The van der Waals surface area contributed by atoms with Crippen molar-refractivity contribution >= 4 is 28.5 Å². The van der Waals surface area contributed by atoms with Crippen molar-refractivity contribution in [2.24, 2.45) is 0 Å². The molecule has 0 saturated carbocycles. The molecular formula is C26H17F4N3O2. The second-order valence-electron chi connectivity index (χ2n) is 8.65. The number of benzene rings is 3. The van der Waals surface area contributed by atoms with Crippen molar-refractivity contribution in [3.63, 3.8) is 0 Å². The van der Waals surface area contributed by atoms with Crippen molar-refractivity contribution < 1.29 is 27.2 Å². The zero-order chi connectivity index (χ0) is 24.5. The van der Waals surface area contributed by atoms with E-state index in [1.54, 1.807) is 12.1 Å². The lowest BCUT2D eigenvalue weighted by Crippen LogP contribution is -2.44. The van der Waals surface area contributed by atoms with Crippen molar-refractivity contribution in [2.75, 3.05) is 4.90 Å². The van der Waals surface area contributed by atoms with E-state index in [0.29, 0.717) is 11.3 Å². The zero-order valence-corrected chi connectivity index (χ0v) is 18.0. The minimum absolute atomic E-state index is 0.143. The van der Waals surface area contributed by atoms with Crippen LogP contribution in [-0.4, -0.2) is 27.9 Å². The van der Waals surface area contributed by atoms with E-state index in [-0.39, 0.29) is 12.1 Å². The minimum Gasteiger partial charge on any atom is -0.356 e. The molecule has 2 atom stereocenters. The number of urea groups is 1. The van der Waals surface area contributed by atoms with E-state index in [1.807, 2.05) is 24.3 Å². The molecule has 1 N–H and O–H groups in total. The molecule has 3 heterocycles. The van der Waals surface area contributed by atoms with Gasteiger partial charge in [0.15, 0.2) is 0 Å². The third-order valence-electron chi connectivity index (χ3n) is 6.67. The Hall–Kier alpha value is -4.14. The number of carbonyl (C=O) groups is 2. The van der Waals surface area contributed by atoms with Gasteiger partial charge in [0.2, 0.25) is 0 Å². The van der Waals surface area contributed by atoms with E-state index in [2.05, 4.69) is 4.98 Å². The molecule has 1 saturated heterocycles. The third-order valence-corrected chi connectivity index (χ3v) is 6.67. The lowest BCUT2D eigenvalue weighted by molar-refractivity contribution is -0.137. The van der Waals surface area contributed by atoms with E-state index < -0.39 is 41.6 Å². The Morgan fingerprint density at radius 1 is 0.914 bits per heavy atom. The molecule has 35 heavy (non-hydrogen) atoms. The highest BCUT2D eigenvalue weighted by molar-refractivity contribution is 6.22. The second-order valence-corrected chi connectivity index (χ2v) is 8.65. The van der Waals surface area contributed by atoms with E-state index in [0.717, 1.165) is 33.5 Å². The molecule has 6 rings (SSSR count). The maximum atomic E-state index is 13.7. The van der Waals surface area contributed by atoms with Crippen molar-refractivity contribution in [2.45, 2.75) is 24.7 Å². The van der Waals surface area contributed by atoms with Crippen LogP contribution < -0.4 is 4.90 Å². The lowest BCUT2D eigenvalue weighted by atomic mass is 9.89. The Bertz CT molecular complexity index is 1490. The molecule has 3 amide bonds. The zero-order valence-electron chi connectivity index (χ0n) is 18.0. The molecule has 0 radical (unpaired) electrons. The first-order chi connectivity index (χ1) is 16.7. The van der Waals surface area contributed by atoms with Gasteiger partial charge in [0.05, 0.1) is 11.3 Å².